The molecule has 1 aliphatic heterocycles. The molecule has 0 radical (unpaired) electrons. The van der Waals surface area contributed by atoms with E-state index in [1.807, 2.05) is 12.2 Å². The number of rotatable bonds is 7. The molecule has 0 bridgehead atoms. The number of amides is 1. The molecule has 1 amide bonds. The van der Waals surface area contributed by atoms with Crippen LogP contribution in [0, 0.1) is 5.92 Å². The first-order valence-corrected chi connectivity index (χ1v) is 10.6. The fraction of sp³-hybridized carbons (Fsp3) is 0.474. The minimum atomic E-state index is -3.55. The molecule has 27 heavy (non-hydrogen) atoms. The minimum Gasteiger partial charge on any atom is -0.456 e. The maximum atomic E-state index is 12.6. The van der Waals surface area contributed by atoms with Gasteiger partial charge in [-0.25, -0.2) is 8.42 Å². The molecule has 3 rings (SSSR count). The number of carbonyl (C=O) groups excluding carboxylic acids is 2. The van der Waals surface area contributed by atoms with E-state index in [2.05, 4.69) is 5.32 Å². The average Bonchev–Trinajstić information content (AvgIpc) is 3.34. The molecule has 8 heteroatoms. The molecule has 146 valence electrons. The van der Waals surface area contributed by atoms with E-state index in [0.29, 0.717) is 18.8 Å². The fourth-order valence-corrected chi connectivity index (χ4v) is 4.86. The Morgan fingerprint density at radius 2 is 2.00 bits per heavy atom. The molecule has 7 nitrogen and oxygen atoms in total. The van der Waals surface area contributed by atoms with Gasteiger partial charge >= 0.3 is 5.97 Å². The topological polar surface area (TPSA) is 92.8 Å². The molecule has 1 aliphatic carbocycles. The Balaban J connectivity index is 1.53. The van der Waals surface area contributed by atoms with Gasteiger partial charge in [-0.1, -0.05) is 18.2 Å². The first-order chi connectivity index (χ1) is 12.9. The predicted octanol–water partition coefficient (Wildman–Crippen LogP) is 2.31. The van der Waals surface area contributed by atoms with Crippen molar-refractivity contribution >= 4 is 27.6 Å². The second kappa shape index (κ2) is 8.67. The van der Waals surface area contributed by atoms with Crippen molar-refractivity contribution in [3.05, 3.63) is 36.4 Å². The molecule has 0 aromatic heterocycles. The van der Waals surface area contributed by atoms with Crippen molar-refractivity contribution in [2.75, 3.05) is 25.0 Å². The SMILES string of the molecule is O=C(COC(=O)C[C@@H]1C=CCC1)Nc1cccc(S(=O)(=O)N2CCCC2)c1. The first-order valence-electron chi connectivity index (χ1n) is 9.17. The van der Waals surface area contributed by atoms with E-state index >= 15 is 0 Å². The van der Waals surface area contributed by atoms with Gasteiger partial charge in [0.1, 0.15) is 0 Å². The van der Waals surface area contributed by atoms with Crippen LogP contribution in [-0.4, -0.2) is 44.3 Å². The highest BCUT2D eigenvalue weighted by atomic mass is 32.2. The Kier molecular flexibility index (Phi) is 6.28. The second-order valence-corrected chi connectivity index (χ2v) is 8.76. The van der Waals surface area contributed by atoms with Crippen LogP contribution in [0.15, 0.2) is 41.3 Å². The summed E-state index contributed by atoms with van der Waals surface area (Å²) in [4.78, 5) is 23.9. The van der Waals surface area contributed by atoms with Gasteiger partial charge in [0.2, 0.25) is 10.0 Å². The first kappa shape index (κ1) is 19.6. The van der Waals surface area contributed by atoms with Gasteiger partial charge in [-0.2, -0.15) is 4.31 Å². The van der Waals surface area contributed by atoms with Gasteiger partial charge in [0.05, 0.1) is 11.3 Å². The number of hydrogen-bond donors (Lipinski definition) is 1. The number of nitrogens with one attached hydrogen (secondary N) is 1. The quantitative estimate of drug-likeness (QED) is 0.568. The zero-order valence-electron chi connectivity index (χ0n) is 15.1. The molecule has 1 fully saturated rings. The highest BCUT2D eigenvalue weighted by Gasteiger charge is 2.27. The van der Waals surface area contributed by atoms with Crippen LogP contribution >= 0.6 is 0 Å². The van der Waals surface area contributed by atoms with Crippen LogP contribution in [0.5, 0.6) is 0 Å². The molecule has 0 unspecified atom stereocenters. The number of carbonyl (C=O) groups is 2. The third-order valence-corrected chi connectivity index (χ3v) is 6.62. The van der Waals surface area contributed by atoms with Crippen LogP contribution in [0.1, 0.15) is 32.1 Å². The molecular formula is C19H24N2O5S. The summed E-state index contributed by atoms with van der Waals surface area (Å²) in [5.41, 5.74) is 0.357. The van der Waals surface area contributed by atoms with E-state index in [4.69, 9.17) is 4.74 Å². The number of allylic oxidation sites excluding steroid dienone is 2. The lowest BCUT2D eigenvalue weighted by Crippen LogP contribution is -2.28. The number of esters is 1. The van der Waals surface area contributed by atoms with E-state index in [1.54, 1.807) is 12.1 Å². The largest absolute Gasteiger partial charge is 0.456 e. The predicted molar refractivity (Wildman–Crippen MR) is 101 cm³/mol. The number of anilines is 1. The van der Waals surface area contributed by atoms with Crippen molar-refractivity contribution in [1.29, 1.82) is 0 Å². The average molecular weight is 392 g/mol. The van der Waals surface area contributed by atoms with E-state index < -0.39 is 28.5 Å². The molecule has 1 saturated heterocycles. The van der Waals surface area contributed by atoms with E-state index in [0.717, 1.165) is 25.7 Å². The van der Waals surface area contributed by atoms with Crippen LogP contribution < -0.4 is 5.32 Å². The number of sulfonamides is 1. The highest BCUT2D eigenvalue weighted by Crippen LogP contribution is 2.23. The summed E-state index contributed by atoms with van der Waals surface area (Å²) < 4.78 is 31.6. The number of hydrogen-bond acceptors (Lipinski definition) is 5. The molecule has 1 N–H and O–H groups in total. The third-order valence-electron chi connectivity index (χ3n) is 4.73. The smallest absolute Gasteiger partial charge is 0.306 e. The van der Waals surface area contributed by atoms with Crippen molar-refractivity contribution in [1.82, 2.24) is 4.31 Å². The lowest BCUT2D eigenvalue weighted by molar-refractivity contribution is -0.147. The van der Waals surface area contributed by atoms with Crippen LogP contribution in [0.3, 0.4) is 0 Å². The Labute approximate surface area is 159 Å². The summed E-state index contributed by atoms with van der Waals surface area (Å²) in [5.74, 6) is -0.721. The fourth-order valence-electron chi connectivity index (χ4n) is 3.29. The van der Waals surface area contributed by atoms with Crippen LogP contribution in [-0.2, 0) is 24.3 Å². The molecular weight excluding hydrogens is 368 g/mol. The van der Waals surface area contributed by atoms with E-state index in [1.165, 1.54) is 16.4 Å². The lowest BCUT2D eigenvalue weighted by atomic mass is 10.1. The summed E-state index contributed by atoms with van der Waals surface area (Å²) in [6, 6.07) is 6.12. The number of benzene rings is 1. The lowest BCUT2D eigenvalue weighted by Gasteiger charge is -2.16. The van der Waals surface area contributed by atoms with Crippen molar-refractivity contribution in [3.63, 3.8) is 0 Å². The normalized spacial score (nSPS) is 19.9. The Hall–Kier alpha value is -2.19. The molecule has 1 atom stereocenters. The summed E-state index contributed by atoms with van der Waals surface area (Å²) in [7, 11) is -3.55. The van der Waals surface area contributed by atoms with Gasteiger partial charge in [-0.15, -0.1) is 0 Å². The highest BCUT2D eigenvalue weighted by molar-refractivity contribution is 7.89. The maximum absolute atomic E-state index is 12.6. The molecule has 1 heterocycles. The van der Waals surface area contributed by atoms with Crippen molar-refractivity contribution < 1.29 is 22.7 Å². The van der Waals surface area contributed by atoms with Crippen LogP contribution in [0.4, 0.5) is 5.69 Å². The summed E-state index contributed by atoms with van der Waals surface area (Å²) in [6.07, 6.45) is 7.92. The Morgan fingerprint density at radius 3 is 2.70 bits per heavy atom. The Bertz CT molecular complexity index is 828. The van der Waals surface area contributed by atoms with Crippen molar-refractivity contribution in [2.24, 2.45) is 5.92 Å². The zero-order chi connectivity index (χ0) is 19.3. The van der Waals surface area contributed by atoms with Gasteiger partial charge in [0, 0.05) is 18.8 Å². The molecule has 0 saturated carbocycles. The number of nitrogens with zero attached hydrogens (tertiary/aromatic N) is 1. The van der Waals surface area contributed by atoms with Crippen LogP contribution in [0.2, 0.25) is 0 Å². The van der Waals surface area contributed by atoms with Gasteiger partial charge in [-0.05, 0) is 49.8 Å². The molecule has 1 aromatic carbocycles. The zero-order valence-corrected chi connectivity index (χ0v) is 15.9. The van der Waals surface area contributed by atoms with E-state index in [9.17, 15) is 18.0 Å². The summed E-state index contributed by atoms with van der Waals surface area (Å²) in [5, 5.41) is 2.58. The van der Waals surface area contributed by atoms with Gasteiger partial charge in [0.15, 0.2) is 6.61 Å². The van der Waals surface area contributed by atoms with Gasteiger partial charge in [-0.3, -0.25) is 9.59 Å². The molecule has 0 spiro atoms. The van der Waals surface area contributed by atoms with Crippen molar-refractivity contribution in [3.8, 4) is 0 Å². The second-order valence-electron chi connectivity index (χ2n) is 6.82. The summed E-state index contributed by atoms with van der Waals surface area (Å²) in [6.45, 7) is 0.647. The standard InChI is InChI=1S/C19H24N2O5S/c22-18(14-26-19(23)12-15-6-1-2-7-15)20-16-8-5-9-17(13-16)27(24,25)21-10-3-4-11-21/h1,5-6,8-9,13,15H,2-4,7,10-12,14H2,(H,20,22)/t15-/m1/s1. The van der Waals surface area contributed by atoms with Gasteiger partial charge < -0.3 is 10.1 Å². The number of ether oxygens (including phenoxy) is 1. The van der Waals surface area contributed by atoms with Crippen molar-refractivity contribution in [2.45, 2.75) is 37.0 Å². The van der Waals surface area contributed by atoms with Crippen LogP contribution in [0.25, 0.3) is 0 Å². The summed E-state index contributed by atoms with van der Waals surface area (Å²) >= 11 is 0. The van der Waals surface area contributed by atoms with E-state index in [-0.39, 0.29) is 17.2 Å². The molecule has 1 aromatic rings. The monoisotopic (exact) mass is 392 g/mol. The maximum Gasteiger partial charge on any atom is 0.306 e. The minimum absolute atomic E-state index is 0.146. The molecule has 2 aliphatic rings. The third kappa shape index (κ3) is 5.17. The van der Waals surface area contributed by atoms with Gasteiger partial charge in [0.25, 0.3) is 5.91 Å². The Morgan fingerprint density at radius 1 is 1.22 bits per heavy atom.